The quantitative estimate of drug-likeness (QED) is 0.653. The summed E-state index contributed by atoms with van der Waals surface area (Å²) >= 11 is 5.47. The summed E-state index contributed by atoms with van der Waals surface area (Å²) in [5, 5.41) is 3.16. The van der Waals surface area contributed by atoms with E-state index in [0.717, 1.165) is 0 Å². The highest BCUT2D eigenvalue weighted by atomic mass is 32.1. The second kappa shape index (κ2) is 6.80. The van der Waals surface area contributed by atoms with Gasteiger partial charge in [0.1, 0.15) is 28.7 Å². The second-order valence-corrected chi connectivity index (χ2v) is 6.83. The average molecular weight is 356 g/mol. The Morgan fingerprint density at radius 2 is 2.08 bits per heavy atom. The Hall–Kier alpha value is -2.47. The van der Waals surface area contributed by atoms with E-state index in [0.29, 0.717) is 27.7 Å². The molecule has 0 radical (unpaired) electrons. The SMILES string of the molecule is CC(C)C1(C)N=C(c2ccccc2C(=O)OCc2ccco2)NC1=S. The first kappa shape index (κ1) is 17.4. The number of ether oxygens (including phenoxy) is 1. The van der Waals surface area contributed by atoms with Gasteiger partial charge in [0, 0.05) is 5.56 Å². The van der Waals surface area contributed by atoms with E-state index in [2.05, 4.69) is 19.2 Å². The molecule has 1 aromatic carbocycles. The van der Waals surface area contributed by atoms with Crippen molar-refractivity contribution in [1.29, 1.82) is 0 Å². The summed E-state index contributed by atoms with van der Waals surface area (Å²) in [6, 6.07) is 10.7. The second-order valence-electron chi connectivity index (χ2n) is 6.42. The molecular weight excluding hydrogens is 336 g/mol. The molecule has 1 unspecified atom stereocenters. The van der Waals surface area contributed by atoms with E-state index in [1.54, 1.807) is 30.5 Å². The molecule has 1 aliphatic rings. The number of benzene rings is 1. The molecule has 1 N–H and O–H groups in total. The number of nitrogens with zero attached hydrogens (tertiary/aromatic N) is 1. The third kappa shape index (κ3) is 3.35. The normalized spacial score (nSPS) is 19.7. The maximum Gasteiger partial charge on any atom is 0.339 e. The van der Waals surface area contributed by atoms with Crippen molar-refractivity contribution >= 4 is 29.0 Å². The highest BCUT2D eigenvalue weighted by Gasteiger charge is 2.39. The number of nitrogens with one attached hydrogen (secondary N) is 1. The van der Waals surface area contributed by atoms with Crippen LogP contribution in [-0.2, 0) is 11.3 Å². The highest BCUT2D eigenvalue weighted by Crippen LogP contribution is 2.28. The van der Waals surface area contributed by atoms with Crippen molar-refractivity contribution in [2.75, 3.05) is 0 Å². The minimum absolute atomic E-state index is 0.0855. The van der Waals surface area contributed by atoms with Gasteiger partial charge in [-0.05, 0) is 31.0 Å². The van der Waals surface area contributed by atoms with Crippen LogP contribution in [0.5, 0.6) is 0 Å². The monoisotopic (exact) mass is 356 g/mol. The number of aliphatic imine (C=N–C) groups is 1. The van der Waals surface area contributed by atoms with Crippen molar-refractivity contribution in [3.05, 3.63) is 59.5 Å². The first-order valence-electron chi connectivity index (χ1n) is 8.12. The molecule has 6 heteroatoms. The van der Waals surface area contributed by atoms with Gasteiger partial charge >= 0.3 is 5.97 Å². The van der Waals surface area contributed by atoms with Gasteiger partial charge in [0.25, 0.3) is 0 Å². The molecule has 0 bridgehead atoms. The maximum atomic E-state index is 12.5. The summed E-state index contributed by atoms with van der Waals surface area (Å²) in [6.07, 6.45) is 1.54. The first-order chi connectivity index (χ1) is 11.9. The van der Waals surface area contributed by atoms with E-state index >= 15 is 0 Å². The minimum Gasteiger partial charge on any atom is -0.466 e. The van der Waals surface area contributed by atoms with Crippen molar-refractivity contribution < 1.29 is 13.9 Å². The molecule has 0 amide bonds. The van der Waals surface area contributed by atoms with Crippen LogP contribution in [0.25, 0.3) is 0 Å². The molecule has 1 aliphatic heterocycles. The lowest BCUT2D eigenvalue weighted by atomic mass is 9.90. The van der Waals surface area contributed by atoms with E-state index in [1.807, 2.05) is 19.1 Å². The molecule has 1 aromatic heterocycles. The zero-order valence-corrected chi connectivity index (χ0v) is 15.2. The Bertz CT molecular complexity index is 827. The Balaban J connectivity index is 1.86. The van der Waals surface area contributed by atoms with Crippen LogP contribution in [0.3, 0.4) is 0 Å². The van der Waals surface area contributed by atoms with E-state index < -0.39 is 11.5 Å². The summed E-state index contributed by atoms with van der Waals surface area (Å²) in [6.45, 7) is 6.23. The summed E-state index contributed by atoms with van der Waals surface area (Å²) in [5.41, 5.74) is 0.644. The van der Waals surface area contributed by atoms with Crippen LogP contribution >= 0.6 is 12.2 Å². The smallest absolute Gasteiger partial charge is 0.339 e. The van der Waals surface area contributed by atoms with Gasteiger partial charge in [-0.3, -0.25) is 4.99 Å². The average Bonchev–Trinajstić information content (AvgIpc) is 3.22. The highest BCUT2D eigenvalue weighted by molar-refractivity contribution is 7.80. The standard InChI is InChI=1S/C19H20N2O3S/c1-12(2)19(3)18(25)20-16(21-19)14-8-4-5-9-15(14)17(22)24-11-13-7-6-10-23-13/h4-10,12H,11H2,1-3H3,(H,20,21,25). The van der Waals surface area contributed by atoms with Crippen molar-refractivity contribution in [3.63, 3.8) is 0 Å². The molecule has 0 saturated heterocycles. The summed E-state index contributed by atoms with van der Waals surface area (Å²) in [5.74, 6) is 1.01. The number of hydrogen-bond acceptors (Lipinski definition) is 5. The van der Waals surface area contributed by atoms with Crippen molar-refractivity contribution in [3.8, 4) is 0 Å². The van der Waals surface area contributed by atoms with E-state index in [1.165, 1.54) is 0 Å². The largest absolute Gasteiger partial charge is 0.466 e. The number of rotatable bonds is 5. The fourth-order valence-electron chi connectivity index (χ4n) is 2.54. The summed E-state index contributed by atoms with van der Waals surface area (Å²) < 4.78 is 10.5. The van der Waals surface area contributed by atoms with Crippen LogP contribution in [0.4, 0.5) is 0 Å². The predicted octanol–water partition coefficient (Wildman–Crippen LogP) is 3.73. The zero-order valence-electron chi connectivity index (χ0n) is 14.4. The number of carbonyl (C=O) groups is 1. The van der Waals surface area contributed by atoms with E-state index in [9.17, 15) is 4.79 Å². The van der Waals surface area contributed by atoms with E-state index in [-0.39, 0.29) is 12.5 Å². The molecule has 0 saturated carbocycles. The molecule has 1 atom stereocenters. The van der Waals surface area contributed by atoms with Gasteiger partial charge in [-0.25, -0.2) is 4.79 Å². The van der Waals surface area contributed by atoms with E-state index in [4.69, 9.17) is 26.4 Å². The van der Waals surface area contributed by atoms with Crippen LogP contribution in [0.1, 0.15) is 42.5 Å². The number of thiocarbonyl (C=S) groups is 1. The Kier molecular flexibility index (Phi) is 4.72. The summed E-state index contributed by atoms with van der Waals surface area (Å²) in [4.78, 5) is 17.9. The molecule has 130 valence electrons. The van der Waals surface area contributed by atoms with Gasteiger partial charge in [-0.1, -0.05) is 44.3 Å². The topological polar surface area (TPSA) is 63.8 Å². The Morgan fingerprint density at radius 3 is 2.72 bits per heavy atom. The molecule has 0 fully saturated rings. The summed E-state index contributed by atoms with van der Waals surface area (Å²) in [7, 11) is 0. The van der Waals surface area contributed by atoms with Gasteiger partial charge in [-0.15, -0.1) is 0 Å². The minimum atomic E-state index is -0.476. The Labute approximate surface area is 152 Å². The van der Waals surface area contributed by atoms with Crippen LogP contribution in [0.15, 0.2) is 52.1 Å². The number of hydrogen-bond donors (Lipinski definition) is 1. The molecule has 2 heterocycles. The van der Waals surface area contributed by atoms with Crippen LogP contribution in [0, 0.1) is 5.92 Å². The molecular formula is C19H20N2O3S. The van der Waals surface area contributed by atoms with Gasteiger partial charge < -0.3 is 14.5 Å². The van der Waals surface area contributed by atoms with Crippen LogP contribution < -0.4 is 5.32 Å². The van der Waals surface area contributed by atoms with Gasteiger partial charge in [0.05, 0.1) is 11.8 Å². The number of furan rings is 1. The molecule has 3 rings (SSSR count). The molecule has 2 aromatic rings. The number of esters is 1. The van der Waals surface area contributed by atoms with Crippen LogP contribution in [-0.4, -0.2) is 22.3 Å². The Morgan fingerprint density at radius 1 is 1.32 bits per heavy atom. The lowest BCUT2D eigenvalue weighted by molar-refractivity contribution is 0.0445. The third-order valence-electron chi connectivity index (χ3n) is 4.49. The fraction of sp³-hybridized carbons (Fsp3) is 0.316. The number of carbonyl (C=O) groups excluding carboxylic acids is 1. The van der Waals surface area contributed by atoms with Gasteiger partial charge in [0.15, 0.2) is 0 Å². The van der Waals surface area contributed by atoms with Gasteiger partial charge in [-0.2, -0.15) is 0 Å². The third-order valence-corrected chi connectivity index (χ3v) is 5.00. The van der Waals surface area contributed by atoms with Crippen LogP contribution in [0.2, 0.25) is 0 Å². The maximum absolute atomic E-state index is 12.5. The van der Waals surface area contributed by atoms with Crippen molar-refractivity contribution in [2.24, 2.45) is 10.9 Å². The lowest BCUT2D eigenvalue weighted by Gasteiger charge is -2.24. The molecule has 25 heavy (non-hydrogen) atoms. The molecule has 5 nitrogen and oxygen atoms in total. The van der Waals surface area contributed by atoms with Crippen molar-refractivity contribution in [2.45, 2.75) is 32.9 Å². The number of amidine groups is 1. The fourth-order valence-corrected chi connectivity index (χ4v) is 2.92. The lowest BCUT2D eigenvalue weighted by Crippen LogP contribution is -2.39. The zero-order chi connectivity index (χ0) is 18.0. The first-order valence-corrected chi connectivity index (χ1v) is 8.53. The predicted molar refractivity (Wildman–Crippen MR) is 99.8 cm³/mol. The molecule has 0 spiro atoms. The van der Waals surface area contributed by atoms with Crippen molar-refractivity contribution in [1.82, 2.24) is 5.32 Å². The molecule has 0 aliphatic carbocycles. The van der Waals surface area contributed by atoms with Gasteiger partial charge in [0.2, 0.25) is 0 Å².